The molecular formula is C24H22N2O4. The average Bonchev–Trinajstić information content (AvgIpc) is 3.13. The van der Waals surface area contributed by atoms with Crippen LogP contribution in [0.5, 0.6) is 11.5 Å². The number of phenols is 1. The lowest BCUT2D eigenvalue weighted by Gasteiger charge is -2.34. The SMILES string of the molecule is COc1cc([C@H]2C3=C(C[C@H](c4ccccc4)CC3=O)Nc3onc(C)c32)ccc1O. The summed E-state index contributed by atoms with van der Waals surface area (Å²) in [5.41, 5.74) is 5.22. The topological polar surface area (TPSA) is 84.6 Å². The fourth-order valence-electron chi connectivity index (χ4n) is 4.64. The third-order valence-electron chi connectivity index (χ3n) is 6.07. The zero-order valence-electron chi connectivity index (χ0n) is 16.8. The van der Waals surface area contributed by atoms with Gasteiger partial charge in [0.1, 0.15) is 0 Å². The van der Waals surface area contributed by atoms with Gasteiger partial charge in [0.15, 0.2) is 17.3 Å². The number of phenolic OH excluding ortho intramolecular Hbond substituents is 1. The Labute approximate surface area is 174 Å². The molecule has 0 spiro atoms. The number of aryl methyl sites for hydroxylation is 1. The molecule has 2 aromatic carbocycles. The van der Waals surface area contributed by atoms with Gasteiger partial charge >= 0.3 is 0 Å². The number of carbonyl (C=O) groups is 1. The van der Waals surface area contributed by atoms with Gasteiger partial charge in [-0.05, 0) is 42.5 Å². The van der Waals surface area contributed by atoms with Crippen LogP contribution in [0.1, 0.15) is 47.1 Å². The summed E-state index contributed by atoms with van der Waals surface area (Å²) in [5.74, 6) is 0.914. The highest BCUT2D eigenvalue weighted by Gasteiger charge is 2.41. The van der Waals surface area contributed by atoms with Crippen LogP contribution < -0.4 is 10.1 Å². The largest absolute Gasteiger partial charge is 0.504 e. The first-order valence-electron chi connectivity index (χ1n) is 9.98. The van der Waals surface area contributed by atoms with Gasteiger partial charge in [-0.25, -0.2) is 0 Å². The van der Waals surface area contributed by atoms with Gasteiger partial charge in [-0.3, -0.25) is 4.79 Å². The number of rotatable bonds is 3. The van der Waals surface area contributed by atoms with E-state index in [1.54, 1.807) is 12.1 Å². The van der Waals surface area contributed by atoms with Gasteiger partial charge in [0.2, 0.25) is 5.88 Å². The van der Waals surface area contributed by atoms with Crippen molar-refractivity contribution in [3.05, 3.63) is 82.2 Å². The highest BCUT2D eigenvalue weighted by molar-refractivity contribution is 6.01. The third-order valence-corrected chi connectivity index (χ3v) is 6.07. The van der Waals surface area contributed by atoms with Crippen LogP contribution in [-0.2, 0) is 4.79 Å². The Balaban J connectivity index is 1.64. The molecule has 0 saturated carbocycles. The zero-order valence-corrected chi connectivity index (χ0v) is 16.8. The number of nitrogens with one attached hydrogen (secondary N) is 1. The minimum Gasteiger partial charge on any atom is -0.504 e. The molecule has 2 aliphatic rings. The van der Waals surface area contributed by atoms with Gasteiger partial charge in [-0.1, -0.05) is 41.6 Å². The second-order valence-corrected chi connectivity index (χ2v) is 7.83. The Morgan fingerprint density at radius 2 is 1.93 bits per heavy atom. The molecule has 0 bridgehead atoms. The van der Waals surface area contributed by atoms with Gasteiger partial charge < -0.3 is 19.7 Å². The van der Waals surface area contributed by atoms with Crippen molar-refractivity contribution in [2.75, 3.05) is 12.4 Å². The molecule has 0 amide bonds. The number of allylic oxidation sites excluding steroid dienone is 2. The van der Waals surface area contributed by atoms with Gasteiger partial charge in [-0.15, -0.1) is 0 Å². The standard InChI is InChI=1S/C24H22N2O4/c1-13-21-22(15-8-9-18(27)20(12-15)29-2)23-17(25-24(21)30-26-13)10-16(11-19(23)28)14-6-4-3-5-7-14/h3-9,12,16,22,25,27H,10-11H2,1-2H3/t16-,22+/m0/s1. The molecule has 6 heteroatoms. The summed E-state index contributed by atoms with van der Waals surface area (Å²) in [6.07, 6.45) is 1.17. The number of anilines is 1. The maximum absolute atomic E-state index is 13.4. The molecule has 5 rings (SSSR count). The van der Waals surface area contributed by atoms with Crippen LogP contribution in [-0.4, -0.2) is 23.2 Å². The van der Waals surface area contributed by atoms with Crippen LogP contribution in [0, 0.1) is 6.92 Å². The minimum atomic E-state index is -0.318. The first kappa shape index (κ1) is 18.5. The predicted octanol–water partition coefficient (Wildman–Crippen LogP) is 4.66. The number of benzene rings is 2. The van der Waals surface area contributed by atoms with E-state index in [0.717, 1.165) is 40.1 Å². The van der Waals surface area contributed by atoms with Gasteiger partial charge in [0.05, 0.1) is 18.4 Å². The smallest absolute Gasteiger partial charge is 0.233 e. The third kappa shape index (κ3) is 2.87. The number of ketones is 1. The van der Waals surface area contributed by atoms with E-state index in [1.807, 2.05) is 31.2 Å². The molecule has 0 saturated heterocycles. The number of Topliss-reactive ketones (excluding diaryl/α,β-unsaturated/α-hetero) is 1. The molecule has 1 aliphatic carbocycles. The Kier molecular flexibility index (Phi) is 4.35. The normalized spacial score (nSPS) is 20.4. The van der Waals surface area contributed by atoms with E-state index in [9.17, 15) is 9.90 Å². The lowest BCUT2D eigenvalue weighted by Crippen LogP contribution is -2.29. The Morgan fingerprint density at radius 3 is 2.70 bits per heavy atom. The summed E-state index contributed by atoms with van der Waals surface area (Å²) < 4.78 is 10.9. The van der Waals surface area contributed by atoms with E-state index < -0.39 is 0 Å². The van der Waals surface area contributed by atoms with Crippen molar-refractivity contribution in [2.45, 2.75) is 31.6 Å². The number of hydrogen-bond donors (Lipinski definition) is 2. The van der Waals surface area contributed by atoms with Crippen molar-refractivity contribution < 1.29 is 19.2 Å². The summed E-state index contributed by atoms with van der Waals surface area (Å²) >= 11 is 0. The first-order valence-corrected chi connectivity index (χ1v) is 9.98. The molecule has 2 atom stereocenters. The van der Waals surface area contributed by atoms with Crippen LogP contribution in [0.15, 0.2) is 64.3 Å². The van der Waals surface area contributed by atoms with Crippen LogP contribution in [0.4, 0.5) is 5.88 Å². The minimum absolute atomic E-state index is 0.0609. The average molecular weight is 402 g/mol. The van der Waals surface area contributed by atoms with Crippen molar-refractivity contribution in [3.8, 4) is 11.5 Å². The van der Waals surface area contributed by atoms with E-state index in [4.69, 9.17) is 9.26 Å². The van der Waals surface area contributed by atoms with Crippen LogP contribution in [0.3, 0.4) is 0 Å². The van der Waals surface area contributed by atoms with Crippen molar-refractivity contribution in [1.82, 2.24) is 5.16 Å². The lowest BCUT2D eigenvalue weighted by molar-refractivity contribution is -0.116. The highest BCUT2D eigenvalue weighted by Crippen LogP contribution is 2.49. The van der Waals surface area contributed by atoms with E-state index in [2.05, 4.69) is 22.6 Å². The van der Waals surface area contributed by atoms with E-state index in [0.29, 0.717) is 18.1 Å². The van der Waals surface area contributed by atoms with Crippen molar-refractivity contribution in [2.24, 2.45) is 0 Å². The van der Waals surface area contributed by atoms with Crippen molar-refractivity contribution >= 4 is 11.7 Å². The number of aromatic nitrogens is 1. The van der Waals surface area contributed by atoms with Gasteiger partial charge in [-0.2, -0.15) is 0 Å². The number of methoxy groups -OCH3 is 1. The molecule has 152 valence electrons. The number of ether oxygens (including phenoxy) is 1. The molecule has 30 heavy (non-hydrogen) atoms. The molecular weight excluding hydrogens is 380 g/mol. The monoisotopic (exact) mass is 402 g/mol. The van der Waals surface area contributed by atoms with Crippen molar-refractivity contribution in [3.63, 3.8) is 0 Å². The molecule has 1 aliphatic heterocycles. The highest BCUT2D eigenvalue weighted by atomic mass is 16.5. The maximum atomic E-state index is 13.4. The second kappa shape index (κ2) is 7.06. The fraction of sp³-hybridized carbons (Fsp3) is 0.250. The van der Waals surface area contributed by atoms with Gasteiger partial charge in [0.25, 0.3) is 0 Å². The molecule has 1 aromatic heterocycles. The lowest BCUT2D eigenvalue weighted by atomic mass is 9.72. The van der Waals surface area contributed by atoms with E-state index in [1.165, 1.54) is 7.11 Å². The number of carbonyl (C=O) groups excluding carboxylic acids is 1. The molecule has 2 heterocycles. The van der Waals surface area contributed by atoms with Crippen LogP contribution in [0.2, 0.25) is 0 Å². The summed E-state index contributed by atoms with van der Waals surface area (Å²) in [5, 5.41) is 17.5. The Bertz CT molecular complexity index is 1160. The summed E-state index contributed by atoms with van der Waals surface area (Å²) in [6, 6.07) is 15.3. The number of aromatic hydroxyl groups is 1. The summed E-state index contributed by atoms with van der Waals surface area (Å²) in [4.78, 5) is 13.4. The summed E-state index contributed by atoms with van der Waals surface area (Å²) in [7, 11) is 1.51. The van der Waals surface area contributed by atoms with Crippen molar-refractivity contribution in [1.29, 1.82) is 0 Å². The molecule has 0 radical (unpaired) electrons. The number of fused-ring (bicyclic) bond motifs is 1. The maximum Gasteiger partial charge on any atom is 0.233 e. The summed E-state index contributed by atoms with van der Waals surface area (Å²) in [6.45, 7) is 1.88. The zero-order chi connectivity index (χ0) is 20.8. The van der Waals surface area contributed by atoms with Crippen LogP contribution in [0.25, 0.3) is 0 Å². The fourth-order valence-corrected chi connectivity index (χ4v) is 4.64. The quantitative estimate of drug-likeness (QED) is 0.663. The molecule has 3 aromatic rings. The molecule has 0 unspecified atom stereocenters. The Morgan fingerprint density at radius 1 is 1.13 bits per heavy atom. The predicted molar refractivity (Wildman–Crippen MR) is 112 cm³/mol. The first-order chi connectivity index (χ1) is 14.6. The van der Waals surface area contributed by atoms with Crippen LogP contribution >= 0.6 is 0 Å². The van der Waals surface area contributed by atoms with Gasteiger partial charge in [0, 0.05) is 23.6 Å². The van der Waals surface area contributed by atoms with E-state index in [-0.39, 0.29) is 23.4 Å². The number of nitrogens with zero attached hydrogens (tertiary/aromatic N) is 1. The molecule has 0 fully saturated rings. The van der Waals surface area contributed by atoms with E-state index >= 15 is 0 Å². The molecule has 2 N–H and O–H groups in total. The number of hydrogen-bond acceptors (Lipinski definition) is 6. The molecule has 6 nitrogen and oxygen atoms in total. The Hall–Kier alpha value is -3.54. The second-order valence-electron chi connectivity index (χ2n) is 7.83.